The Morgan fingerprint density at radius 3 is 2.32 bits per heavy atom. The van der Waals surface area contributed by atoms with Gasteiger partial charge >= 0.3 is 13.2 Å². The minimum Gasteiger partial charge on any atom is -0.464 e. The van der Waals surface area contributed by atoms with Gasteiger partial charge in [-0.1, -0.05) is 17.7 Å². The van der Waals surface area contributed by atoms with E-state index in [0.29, 0.717) is 16.2 Å². The molecular formula is C18H21BClNO4. The molecule has 0 amide bonds. The zero-order valence-electron chi connectivity index (χ0n) is 15.0. The van der Waals surface area contributed by atoms with Gasteiger partial charge in [0.05, 0.1) is 16.9 Å². The average molecular weight is 362 g/mol. The molecule has 1 aromatic heterocycles. The molecule has 0 atom stereocenters. The molecule has 5 nitrogen and oxygen atoms in total. The summed E-state index contributed by atoms with van der Waals surface area (Å²) >= 11 is 6.10. The first-order valence-electron chi connectivity index (χ1n) is 8.09. The van der Waals surface area contributed by atoms with Gasteiger partial charge in [0.25, 0.3) is 0 Å². The minimum absolute atomic E-state index is 0.491. The Kier molecular flexibility index (Phi) is 4.26. The molecule has 0 radical (unpaired) electrons. The van der Waals surface area contributed by atoms with Crippen molar-refractivity contribution >= 4 is 30.3 Å². The van der Waals surface area contributed by atoms with E-state index in [9.17, 15) is 9.90 Å². The molecule has 0 aliphatic carbocycles. The number of aryl methyl sites for hydroxylation is 1. The standard InChI is InChI=1S/C18H21BClNO4/c1-11-6-7-13(20)9-14(11)15-8-12(10-21(15)16(22)23)19-24-17(2,3)18(4,5)25-19/h6-10H,1-5H3,(H,22,23). The zero-order valence-corrected chi connectivity index (χ0v) is 15.7. The lowest BCUT2D eigenvalue weighted by atomic mass is 9.81. The second-order valence-electron chi connectivity index (χ2n) is 7.36. The number of carboxylic acid groups (broad SMARTS) is 1. The highest BCUT2D eigenvalue weighted by Gasteiger charge is 2.52. The van der Waals surface area contributed by atoms with Crippen molar-refractivity contribution in [3.63, 3.8) is 0 Å². The predicted octanol–water partition coefficient (Wildman–Crippen LogP) is 3.94. The maximum Gasteiger partial charge on any atom is 0.496 e. The number of aromatic nitrogens is 1. The van der Waals surface area contributed by atoms with Gasteiger partial charge in [-0.15, -0.1) is 0 Å². The van der Waals surface area contributed by atoms with E-state index in [-0.39, 0.29) is 0 Å². The molecule has 1 N–H and O–H groups in total. The Morgan fingerprint density at radius 2 is 1.76 bits per heavy atom. The number of nitrogens with zero attached hydrogens (tertiary/aromatic N) is 1. The average Bonchev–Trinajstić information content (AvgIpc) is 3.01. The van der Waals surface area contributed by atoms with Gasteiger partial charge < -0.3 is 14.4 Å². The summed E-state index contributed by atoms with van der Waals surface area (Å²) in [5, 5.41) is 10.1. The molecule has 2 heterocycles. The van der Waals surface area contributed by atoms with Crippen LogP contribution in [0.3, 0.4) is 0 Å². The van der Waals surface area contributed by atoms with Gasteiger partial charge in [0.15, 0.2) is 0 Å². The predicted molar refractivity (Wildman–Crippen MR) is 98.8 cm³/mol. The van der Waals surface area contributed by atoms with Gasteiger partial charge in [-0.05, 0) is 58.4 Å². The summed E-state index contributed by atoms with van der Waals surface area (Å²) < 4.78 is 13.2. The SMILES string of the molecule is Cc1ccc(Cl)cc1-c1cc(B2OC(C)(C)C(C)(C)O2)cn1C(=O)O. The summed E-state index contributed by atoms with van der Waals surface area (Å²) in [5.41, 5.74) is 1.92. The summed E-state index contributed by atoms with van der Waals surface area (Å²) in [6, 6.07) is 7.20. The lowest BCUT2D eigenvalue weighted by molar-refractivity contribution is 0.00578. The third-order valence-electron chi connectivity index (χ3n) is 5.05. The Hall–Kier alpha value is -1.76. The highest BCUT2D eigenvalue weighted by atomic mass is 35.5. The minimum atomic E-state index is -1.07. The van der Waals surface area contributed by atoms with Crippen LogP contribution in [-0.4, -0.2) is 34.1 Å². The lowest BCUT2D eigenvalue weighted by Gasteiger charge is -2.32. The van der Waals surface area contributed by atoms with Crippen LogP contribution in [0, 0.1) is 6.92 Å². The Labute approximate surface area is 152 Å². The van der Waals surface area contributed by atoms with E-state index >= 15 is 0 Å². The van der Waals surface area contributed by atoms with E-state index in [1.54, 1.807) is 24.4 Å². The van der Waals surface area contributed by atoms with E-state index in [2.05, 4.69) is 0 Å². The zero-order chi connectivity index (χ0) is 18.6. The summed E-state index contributed by atoms with van der Waals surface area (Å²) in [5.74, 6) is 0. The fraction of sp³-hybridized carbons (Fsp3) is 0.389. The van der Waals surface area contributed by atoms with E-state index in [0.717, 1.165) is 11.1 Å². The maximum atomic E-state index is 11.7. The first-order chi connectivity index (χ1) is 11.5. The van der Waals surface area contributed by atoms with Crippen molar-refractivity contribution in [1.82, 2.24) is 4.57 Å². The molecule has 25 heavy (non-hydrogen) atoms. The molecule has 1 aromatic carbocycles. The van der Waals surface area contributed by atoms with E-state index in [1.807, 2.05) is 40.7 Å². The third-order valence-corrected chi connectivity index (χ3v) is 5.28. The third kappa shape index (κ3) is 3.10. The fourth-order valence-corrected chi connectivity index (χ4v) is 3.00. The van der Waals surface area contributed by atoms with Gasteiger partial charge in [0, 0.05) is 22.2 Å². The van der Waals surface area contributed by atoms with Gasteiger partial charge in [0.1, 0.15) is 0 Å². The summed E-state index contributed by atoms with van der Waals surface area (Å²) in [6.07, 6.45) is 0.470. The summed E-state index contributed by atoms with van der Waals surface area (Å²) in [7, 11) is -0.621. The van der Waals surface area contributed by atoms with Crippen LogP contribution in [0.5, 0.6) is 0 Å². The van der Waals surface area contributed by atoms with Crippen LogP contribution >= 0.6 is 11.6 Å². The molecule has 132 valence electrons. The maximum absolute atomic E-state index is 11.7. The number of rotatable bonds is 2. The number of hydrogen-bond acceptors (Lipinski definition) is 3. The Balaban J connectivity index is 2.08. The van der Waals surface area contributed by atoms with Crippen molar-refractivity contribution in [3.8, 4) is 11.3 Å². The number of hydrogen-bond donors (Lipinski definition) is 1. The van der Waals surface area contributed by atoms with Crippen LogP contribution < -0.4 is 5.46 Å². The van der Waals surface area contributed by atoms with Crippen molar-refractivity contribution in [1.29, 1.82) is 0 Å². The molecule has 2 aromatic rings. The quantitative estimate of drug-likeness (QED) is 0.823. The highest BCUT2D eigenvalue weighted by Crippen LogP contribution is 2.37. The monoisotopic (exact) mass is 361 g/mol. The van der Waals surface area contributed by atoms with Crippen molar-refractivity contribution in [2.45, 2.75) is 45.8 Å². The number of carbonyl (C=O) groups is 1. The van der Waals surface area contributed by atoms with Crippen LogP contribution in [0.15, 0.2) is 30.5 Å². The van der Waals surface area contributed by atoms with E-state index in [4.69, 9.17) is 20.9 Å². The van der Waals surface area contributed by atoms with Crippen LogP contribution in [-0.2, 0) is 9.31 Å². The fourth-order valence-electron chi connectivity index (χ4n) is 2.83. The normalized spacial score (nSPS) is 18.6. The Morgan fingerprint density at radius 1 is 1.16 bits per heavy atom. The molecule has 3 rings (SSSR count). The molecule has 0 saturated carbocycles. The van der Waals surface area contributed by atoms with E-state index < -0.39 is 24.4 Å². The summed E-state index contributed by atoms with van der Waals surface area (Å²) in [4.78, 5) is 11.7. The topological polar surface area (TPSA) is 60.7 Å². The second kappa shape index (κ2) is 5.90. The van der Waals surface area contributed by atoms with Gasteiger partial charge in [-0.3, -0.25) is 4.57 Å². The molecule has 7 heteroatoms. The first kappa shape index (κ1) is 18.0. The molecule has 1 aliphatic heterocycles. The summed E-state index contributed by atoms with van der Waals surface area (Å²) in [6.45, 7) is 9.76. The van der Waals surface area contributed by atoms with Gasteiger partial charge in [-0.2, -0.15) is 0 Å². The lowest BCUT2D eigenvalue weighted by Crippen LogP contribution is -2.41. The van der Waals surface area contributed by atoms with Crippen LogP contribution in [0.2, 0.25) is 5.02 Å². The van der Waals surface area contributed by atoms with Crippen molar-refractivity contribution < 1.29 is 19.2 Å². The van der Waals surface area contributed by atoms with Crippen molar-refractivity contribution in [2.75, 3.05) is 0 Å². The van der Waals surface area contributed by atoms with Crippen LogP contribution in [0.1, 0.15) is 33.3 Å². The molecule has 0 bridgehead atoms. The largest absolute Gasteiger partial charge is 0.496 e. The molecular weight excluding hydrogens is 340 g/mol. The van der Waals surface area contributed by atoms with Crippen molar-refractivity contribution in [2.24, 2.45) is 0 Å². The second-order valence-corrected chi connectivity index (χ2v) is 7.80. The Bertz CT molecular complexity index is 828. The van der Waals surface area contributed by atoms with Gasteiger partial charge in [-0.25, -0.2) is 4.79 Å². The van der Waals surface area contributed by atoms with Crippen LogP contribution in [0.4, 0.5) is 4.79 Å². The van der Waals surface area contributed by atoms with Crippen molar-refractivity contribution in [3.05, 3.63) is 41.0 Å². The number of benzene rings is 1. The molecule has 1 saturated heterocycles. The van der Waals surface area contributed by atoms with E-state index in [1.165, 1.54) is 4.57 Å². The smallest absolute Gasteiger partial charge is 0.464 e. The molecule has 1 aliphatic rings. The first-order valence-corrected chi connectivity index (χ1v) is 8.47. The van der Waals surface area contributed by atoms with Crippen LogP contribution in [0.25, 0.3) is 11.3 Å². The molecule has 0 spiro atoms. The van der Waals surface area contributed by atoms with Gasteiger partial charge in [0.2, 0.25) is 0 Å². The highest BCUT2D eigenvalue weighted by molar-refractivity contribution is 6.62. The number of halogens is 1. The molecule has 1 fully saturated rings. The molecule has 0 unspecified atom stereocenters.